The highest BCUT2D eigenvalue weighted by molar-refractivity contribution is 9.10. The van der Waals surface area contributed by atoms with E-state index in [0.29, 0.717) is 10.0 Å². The van der Waals surface area contributed by atoms with Crippen molar-refractivity contribution in [3.8, 4) is 0 Å². The molecule has 0 heterocycles. The molecule has 1 N–H and O–H groups in total. The predicted molar refractivity (Wildman–Crippen MR) is 97.7 cm³/mol. The number of hydrogen-bond acceptors (Lipinski definition) is 1. The van der Waals surface area contributed by atoms with Crippen LogP contribution in [0.25, 0.3) is 0 Å². The second-order valence-electron chi connectivity index (χ2n) is 5.40. The Morgan fingerprint density at radius 2 is 1.67 bits per heavy atom. The molecule has 0 radical (unpaired) electrons. The standard InChI is InChI=1S/C20H15BrFNO/c21-18-13-16(22)10-11-17(18)20(24)23-19-9-5-4-8-15(19)12-14-6-2-1-3-7-14/h1-11,13H,12H2,(H,23,24). The fraction of sp³-hybridized carbons (Fsp3) is 0.0500. The van der Waals surface area contributed by atoms with E-state index in [1.165, 1.54) is 23.8 Å². The first-order chi connectivity index (χ1) is 11.6. The van der Waals surface area contributed by atoms with Gasteiger partial charge in [0.2, 0.25) is 0 Å². The highest BCUT2D eigenvalue weighted by atomic mass is 79.9. The van der Waals surface area contributed by atoms with Gasteiger partial charge in [0.05, 0.1) is 5.56 Å². The first-order valence-electron chi connectivity index (χ1n) is 7.52. The maximum atomic E-state index is 13.2. The quantitative estimate of drug-likeness (QED) is 0.639. The van der Waals surface area contributed by atoms with Gasteiger partial charge in [-0.05, 0) is 57.7 Å². The number of amides is 1. The van der Waals surface area contributed by atoms with Gasteiger partial charge in [0.15, 0.2) is 0 Å². The molecule has 0 saturated carbocycles. The lowest BCUT2D eigenvalue weighted by Gasteiger charge is -2.12. The molecule has 0 atom stereocenters. The number of carbonyl (C=O) groups is 1. The van der Waals surface area contributed by atoms with Crippen molar-refractivity contribution in [2.24, 2.45) is 0 Å². The van der Waals surface area contributed by atoms with E-state index in [0.717, 1.165) is 17.7 Å². The van der Waals surface area contributed by atoms with Gasteiger partial charge in [-0.25, -0.2) is 4.39 Å². The van der Waals surface area contributed by atoms with Crippen molar-refractivity contribution >= 4 is 27.5 Å². The number of rotatable bonds is 4. The van der Waals surface area contributed by atoms with Crippen molar-refractivity contribution < 1.29 is 9.18 Å². The summed E-state index contributed by atoms with van der Waals surface area (Å²) in [6, 6.07) is 21.8. The molecule has 3 rings (SSSR count). The van der Waals surface area contributed by atoms with E-state index in [9.17, 15) is 9.18 Å². The van der Waals surface area contributed by atoms with Crippen LogP contribution in [0.5, 0.6) is 0 Å². The van der Waals surface area contributed by atoms with Gasteiger partial charge >= 0.3 is 0 Å². The molecule has 3 aromatic rings. The maximum absolute atomic E-state index is 13.2. The Hall–Kier alpha value is -2.46. The lowest BCUT2D eigenvalue weighted by Crippen LogP contribution is -2.14. The average molecular weight is 384 g/mol. The van der Waals surface area contributed by atoms with Crippen LogP contribution in [0, 0.1) is 5.82 Å². The van der Waals surface area contributed by atoms with Gasteiger partial charge in [0.1, 0.15) is 5.82 Å². The molecule has 3 aromatic carbocycles. The van der Waals surface area contributed by atoms with E-state index in [4.69, 9.17) is 0 Å². The Kier molecular flexibility index (Phi) is 5.06. The van der Waals surface area contributed by atoms with Gasteiger partial charge in [-0.1, -0.05) is 48.5 Å². The molecule has 0 aliphatic rings. The lowest BCUT2D eigenvalue weighted by atomic mass is 10.0. The first-order valence-corrected chi connectivity index (χ1v) is 8.31. The molecule has 4 heteroatoms. The number of carbonyl (C=O) groups excluding carboxylic acids is 1. The van der Waals surface area contributed by atoms with Crippen molar-refractivity contribution in [1.29, 1.82) is 0 Å². The molecule has 0 aliphatic carbocycles. The molecule has 0 bridgehead atoms. The molecule has 0 saturated heterocycles. The zero-order valence-corrected chi connectivity index (χ0v) is 14.4. The fourth-order valence-corrected chi connectivity index (χ4v) is 3.01. The number of anilines is 1. The minimum absolute atomic E-state index is 0.276. The van der Waals surface area contributed by atoms with Crippen LogP contribution < -0.4 is 5.32 Å². The van der Waals surface area contributed by atoms with Crippen LogP contribution in [-0.2, 0) is 6.42 Å². The second-order valence-corrected chi connectivity index (χ2v) is 6.25. The summed E-state index contributed by atoms with van der Waals surface area (Å²) in [6.07, 6.45) is 0.724. The van der Waals surface area contributed by atoms with E-state index < -0.39 is 0 Å². The Bertz CT molecular complexity index is 865. The van der Waals surface area contributed by atoms with E-state index in [1.807, 2.05) is 42.5 Å². The maximum Gasteiger partial charge on any atom is 0.256 e. The summed E-state index contributed by atoms with van der Waals surface area (Å²) in [6.45, 7) is 0. The Labute approximate surface area is 148 Å². The third-order valence-corrected chi connectivity index (χ3v) is 4.33. The van der Waals surface area contributed by atoms with Crippen LogP contribution in [0.3, 0.4) is 0 Å². The van der Waals surface area contributed by atoms with Crippen molar-refractivity contribution in [2.75, 3.05) is 5.32 Å². The zero-order valence-electron chi connectivity index (χ0n) is 12.8. The van der Waals surface area contributed by atoms with E-state index in [-0.39, 0.29) is 11.7 Å². The molecule has 0 spiro atoms. The topological polar surface area (TPSA) is 29.1 Å². The Balaban J connectivity index is 1.84. The zero-order chi connectivity index (χ0) is 16.9. The van der Waals surface area contributed by atoms with E-state index in [2.05, 4.69) is 33.4 Å². The van der Waals surface area contributed by atoms with Crippen LogP contribution in [0.2, 0.25) is 0 Å². The molecule has 1 amide bonds. The Morgan fingerprint density at radius 3 is 2.42 bits per heavy atom. The first kappa shape index (κ1) is 16.4. The normalized spacial score (nSPS) is 10.4. The number of halogens is 2. The van der Waals surface area contributed by atoms with Crippen molar-refractivity contribution in [2.45, 2.75) is 6.42 Å². The SMILES string of the molecule is O=C(Nc1ccccc1Cc1ccccc1)c1ccc(F)cc1Br. The number of para-hydroxylation sites is 1. The number of hydrogen-bond donors (Lipinski definition) is 1. The van der Waals surface area contributed by atoms with Gasteiger partial charge in [-0.2, -0.15) is 0 Å². The van der Waals surface area contributed by atoms with Crippen molar-refractivity contribution in [1.82, 2.24) is 0 Å². The highest BCUT2D eigenvalue weighted by Crippen LogP contribution is 2.23. The fourth-order valence-electron chi connectivity index (χ4n) is 2.48. The van der Waals surface area contributed by atoms with E-state index >= 15 is 0 Å². The summed E-state index contributed by atoms with van der Waals surface area (Å²) in [5, 5.41) is 2.92. The number of nitrogens with one attached hydrogen (secondary N) is 1. The molecule has 120 valence electrons. The van der Waals surface area contributed by atoms with Crippen LogP contribution in [0.4, 0.5) is 10.1 Å². The van der Waals surface area contributed by atoms with Gasteiger partial charge in [-0.3, -0.25) is 4.79 Å². The summed E-state index contributed by atoms with van der Waals surface area (Å²) >= 11 is 3.23. The van der Waals surface area contributed by atoms with Gasteiger partial charge in [0.25, 0.3) is 5.91 Å². The molecule has 0 fully saturated rings. The lowest BCUT2D eigenvalue weighted by molar-refractivity contribution is 0.102. The van der Waals surface area contributed by atoms with Crippen LogP contribution >= 0.6 is 15.9 Å². The monoisotopic (exact) mass is 383 g/mol. The molecule has 0 aliphatic heterocycles. The molecule has 0 unspecified atom stereocenters. The van der Waals surface area contributed by atoms with Gasteiger partial charge < -0.3 is 5.32 Å². The van der Waals surface area contributed by atoms with Gasteiger partial charge in [-0.15, -0.1) is 0 Å². The minimum atomic E-state index is -0.386. The summed E-state index contributed by atoms with van der Waals surface area (Å²) in [4.78, 5) is 12.5. The molecule has 0 aromatic heterocycles. The molecular formula is C20H15BrFNO. The summed E-state index contributed by atoms with van der Waals surface area (Å²) in [5.41, 5.74) is 3.34. The van der Waals surface area contributed by atoms with E-state index in [1.54, 1.807) is 0 Å². The summed E-state index contributed by atoms with van der Waals surface area (Å²) < 4.78 is 13.6. The van der Waals surface area contributed by atoms with Crippen molar-refractivity contribution in [3.63, 3.8) is 0 Å². The van der Waals surface area contributed by atoms with Gasteiger partial charge in [0, 0.05) is 10.2 Å². The predicted octanol–water partition coefficient (Wildman–Crippen LogP) is 5.43. The molecule has 24 heavy (non-hydrogen) atoms. The van der Waals surface area contributed by atoms with Crippen LogP contribution in [0.1, 0.15) is 21.5 Å². The molecular weight excluding hydrogens is 369 g/mol. The second kappa shape index (κ2) is 7.41. The van der Waals surface area contributed by atoms with Crippen LogP contribution in [-0.4, -0.2) is 5.91 Å². The Morgan fingerprint density at radius 1 is 0.958 bits per heavy atom. The minimum Gasteiger partial charge on any atom is -0.322 e. The average Bonchev–Trinajstić information content (AvgIpc) is 2.57. The van der Waals surface area contributed by atoms with Crippen LogP contribution in [0.15, 0.2) is 77.3 Å². The number of benzene rings is 3. The third-order valence-electron chi connectivity index (χ3n) is 3.68. The summed E-state index contributed by atoms with van der Waals surface area (Å²) in [5.74, 6) is -0.662. The van der Waals surface area contributed by atoms with Crippen molar-refractivity contribution in [3.05, 3.63) is 99.8 Å². The highest BCUT2D eigenvalue weighted by Gasteiger charge is 2.13. The largest absolute Gasteiger partial charge is 0.322 e. The smallest absolute Gasteiger partial charge is 0.256 e. The molecule has 2 nitrogen and oxygen atoms in total. The third kappa shape index (κ3) is 3.89. The summed E-state index contributed by atoms with van der Waals surface area (Å²) in [7, 11) is 0.